The molecule has 2 fully saturated rings. The van der Waals surface area contributed by atoms with Gasteiger partial charge in [0.25, 0.3) is 5.91 Å². The monoisotopic (exact) mass is 452 g/mol. The van der Waals surface area contributed by atoms with E-state index in [1.165, 1.54) is 5.56 Å². The summed E-state index contributed by atoms with van der Waals surface area (Å²) in [7, 11) is 0. The molecule has 1 aromatic rings. The zero-order valence-corrected chi connectivity index (χ0v) is 20.0. The molecule has 0 aromatic heterocycles. The molecule has 0 aliphatic carbocycles. The maximum atomic E-state index is 12.9. The Balaban J connectivity index is 1.44. The molecule has 0 radical (unpaired) electrons. The number of hydrogen-bond donors (Lipinski definition) is 1. The van der Waals surface area contributed by atoms with Crippen molar-refractivity contribution in [1.29, 1.82) is 5.26 Å². The second-order valence-electron chi connectivity index (χ2n) is 10.0. The summed E-state index contributed by atoms with van der Waals surface area (Å²) in [5.74, 6) is 0.369. The average Bonchev–Trinajstić information content (AvgIpc) is 2.80. The number of nitrogens with zero attached hydrogens (tertiary/aromatic N) is 3. The molecule has 0 atom stereocenters. The molecule has 33 heavy (non-hydrogen) atoms. The van der Waals surface area contributed by atoms with E-state index >= 15 is 0 Å². The third-order valence-electron chi connectivity index (χ3n) is 6.23. The van der Waals surface area contributed by atoms with Crippen LogP contribution in [0.25, 0.3) is 0 Å². The Morgan fingerprint density at radius 1 is 1.06 bits per heavy atom. The van der Waals surface area contributed by atoms with Gasteiger partial charge in [-0.1, -0.05) is 30.3 Å². The Hall–Kier alpha value is -3.01. The number of amides is 2. The van der Waals surface area contributed by atoms with Crippen LogP contribution in [0.1, 0.15) is 52.0 Å². The van der Waals surface area contributed by atoms with Gasteiger partial charge >= 0.3 is 6.09 Å². The molecule has 7 heteroatoms. The van der Waals surface area contributed by atoms with Gasteiger partial charge in [-0.25, -0.2) is 4.79 Å². The molecule has 2 aliphatic rings. The fourth-order valence-electron chi connectivity index (χ4n) is 4.36. The molecule has 3 rings (SSSR count). The van der Waals surface area contributed by atoms with Gasteiger partial charge in [0.1, 0.15) is 17.2 Å². The van der Waals surface area contributed by atoms with E-state index in [4.69, 9.17) is 4.74 Å². The largest absolute Gasteiger partial charge is 0.444 e. The lowest BCUT2D eigenvalue weighted by molar-refractivity contribution is -0.128. The third-order valence-corrected chi connectivity index (χ3v) is 6.23. The number of carbonyl (C=O) groups excluding carboxylic acids is 2. The number of carbonyl (C=O) groups is 2. The Kier molecular flexibility index (Phi) is 8.37. The molecule has 1 N–H and O–H groups in total. The second kappa shape index (κ2) is 11.2. The first-order valence-corrected chi connectivity index (χ1v) is 11.9. The minimum Gasteiger partial charge on any atom is -0.444 e. The maximum Gasteiger partial charge on any atom is 0.410 e. The number of nitrogens with one attached hydrogen (secondary N) is 1. The summed E-state index contributed by atoms with van der Waals surface area (Å²) in [4.78, 5) is 28.6. The minimum absolute atomic E-state index is 0.122. The lowest BCUT2D eigenvalue weighted by atomic mass is 9.90. The van der Waals surface area contributed by atoms with Crippen LogP contribution in [0.5, 0.6) is 0 Å². The fourth-order valence-corrected chi connectivity index (χ4v) is 4.36. The van der Waals surface area contributed by atoms with Crippen LogP contribution in [0.3, 0.4) is 0 Å². The first-order valence-electron chi connectivity index (χ1n) is 11.9. The van der Waals surface area contributed by atoms with Gasteiger partial charge in [-0.2, -0.15) is 5.26 Å². The quantitative estimate of drug-likeness (QED) is 0.542. The van der Waals surface area contributed by atoms with Crippen LogP contribution < -0.4 is 5.32 Å². The van der Waals surface area contributed by atoms with Crippen molar-refractivity contribution in [2.75, 3.05) is 26.2 Å². The van der Waals surface area contributed by atoms with Crippen LogP contribution in [0.15, 0.2) is 42.1 Å². The van der Waals surface area contributed by atoms with Gasteiger partial charge in [0.15, 0.2) is 0 Å². The van der Waals surface area contributed by atoms with Crippen molar-refractivity contribution in [2.45, 2.75) is 64.5 Å². The van der Waals surface area contributed by atoms with E-state index in [1.807, 2.05) is 26.8 Å². The number of nitriles is 1. The van der Waals surface area contributed by atoms with Crippen LogP contribution in [-0.4, -0.2) is 59.6 Å². The molecule has 178 valence electrons. The van der Waals surface area contributed by atoms with E-state index in [1.54, 1.807) is 16.0 Å². The number of rotatable bonds is 5. The number of ether oxygens (including phenoxy) is 1. The van der Waals surface area contributed by atoms with E-state index in [0.717, 1.165) is 32.1 Å². The van der Waals surface area contributed by atoms with Crippen molar-refractivity contribution in [2.24, 2.45) is 5.92 Å². The number of benzene rings is 1. The van der Waals surface area contributed by atoms with Crippen LogP contribution in [-0.2, 0) is 16.0 Å². The van der Waals surface area contributed by atoms with E-state index < -0.39 is 5.60 Å². The van der Waals surface area contributed by atoms with Crippen LogP contribution >= 0.6 is 0 Å². The summed E-state index contributed by atoms with van der Waals surface area (Å²) in [5.41, 5.74) is 0.973. The van der Waals surface area contributed by atoms with Crippen LogP contribution in [0, 0.1) is 17.2 Å². The molecule has 0 saturated carbocycles. The van der Waals surface area contributed by atoms with Crippen molar-refractivity contribution < 1.29 is 14.3 Å². The topological polar surface area (TPSA) is 85.7 Å². The molecule has 2 heterocycles. The molecule has 2 saturated heterocycles. The first kappa shape index (κ1) is 24.6. The summed E-state index contributed by atoms with van der Waals surface area (Å²) in [5, 5.41) is 12.8. The standard InChI is InChI=1S/C26H36N4O3/c1-26(2,3)33-25(32)30-15-11-23(12-16-30)28-19-22(18-27)24(31)29-13-9-21(10-14-29)17-20-7-5-4-6-8-20/h4-8,19,21,23,28H,9-17H2,1-3H3/b22-19-. The minimum atomic E-state index is -0.507. The van der Waals surface area contributed by atoms with Crippen molar-refractivity contribution >= 4 is 12.0 Å². The predicted molar refractivity (Wildman–Crippen MR) is 127 cm³/mol. The SMILES string of the molecule is CC(C)(C)OC(=O)N1CCC(N/C=C(/C#N)C(=O)N2CCC(Cc3ccccc3)CC2)CC1. The summed E-state index contributed by atoms with van der Waals surface area (Å²) in [6.45, 7) is 8.12. The zero-order chi connectivity index (χ0) is 23.8. The van der Waals surface area contributed by atoms with Crippen molar-refractivity contribution in [3.05, 3.63) is 47.7 Å². The normalized spacial score (nSPS) is 18.5. The first-order chi connectivity index (χ1) is 15.7. The molecule has 7 nitrogen and oxygen atoms in total. The van der Waals surface area contributed by atoms with Crippen molar-refractivity contribution in [1.82, 2.24) is 15.1 Å². The Morgan fingerprint density at radius 3 is 2.24 bits per heavy atom. The van der Waals surface area contributed by atoms with Crippen LogP contribution in [0.4, 0.5) is 4.79 Å². The third kappa shape index (κ3) is 7.52. The van der Waals surface area contributed by atoms with Gasteiger partial charge in [0.05, 0.1) is 0 Å². The molecule has 0 spiro atoms. The highest BCUT2D eigenvalue weighted by molar-refractivity contribution is 5.97. The smallest absolute Gasteiger partial charge is 0.410 e. The maximum absolute atomic E-state index is 12.9. The average molecular weight is 453 g/mol. The van der Waals surface area contributed by atoms with Gasteiger partial charge < -0.3 is 19.9 Å². The summed E-state index contributed by atoms with van der Waals surface area (Å²) >= 11 is 0. The van der Waals surface area contributed by atoms with Crippen LogP contribution in [0.2, 0.25) is 0 Å². The molecule has 2 amide bonds. The lowest BCUT2D eigenvalue weighted by Gasteiger charge is -2.34. The van der Waals surface area contributed by atoms with Crippen molar-refractivity contribution in [3.63, 3.8) is 0 Å². The molecular weight excluding hydrogens is 416 g/mol. The highest BCUT2D eigenvalue weighted by Gasteiger charge is 2.28. The molecular formula is C26H36N4O3. The van der Waals surface area contributed by atoms with Gasteiger partial charge in [-0.3, -0.25) is 4.79 Å². The second-order valence-corrected chi connectivity index (χ2v) is 10.0. The highest BCUT2D eigenvalue weighted by atomic mass is 16.6. The number of piperidine rings is 2. The summed E-state index contributed by atoms with van der Waals surface area (Å²) in [6, 6.07) is 12.6. The summed E-state index contributed by atoms with van der Waals surface area (Å²) < 4.78 is 5.43. The molecule has 2 aliphatic heterocycles. The van der Waals surface area contributed by atoms with Gasteiger partial charge in [0, 0.05) is 38.4 Å². The molecule has 0 bridgehead atoms. The number of hydrogen-bond acceptors (Lipinski definition) is 5. The molecule has 0 unspecified atom stereocenters. The lowest BCUT2D eigenvalue weighted by Crippen LogP contribution is -2.45. The Bertz CT molecular complexity index is 869. The van der Waals surface area contributed by atoms with Gasteiger partial charge in [-0.15, -0.1) is 0 Å². The van der Waals surface area contributed by atoms with Gasteiger partial charge in [0.2, 0.25) is 0 Å². The predicted octanol–water partition coefficient (Wildman–Crippen LogP) is 3.86. The number of likely N-dealkylation sites (tertiary alicyclic amines) is 2. The summed E-state index contributed by atoms with van der Waals surface area (Å²) in [6.07, 6.45) is 5.70. The Morgan fingerprint density at radius 2 is 1.67 bits per heavy atom. The zero-order valence-electron chi connectivity index (χ0n) is 20.0. The highest BCUT2D eigenvalue weighted by Crippen LogP contribution is 2.23. The van der Waals surface area contributed by atoms with E-state index in [0.29, 0.717) is 32.1 Å². The van der Waals surface area contributed by atoms with E-state index in [2.05, 4.69) is 35.7 Å². The van der Waals surface area contributed by atoms with E-state index in [-0.39, 0.29) is 23.6 Å². The molecule has 1 aromatic carbocycles. The van der Waals surface area contributed by atoms with E-state index in [9.17, 15) is 14.9 Å². The van der Waals surface area contributed by atoms with Gasteiger partial charge in [-0.05, 0) is 64.4 Å². The Labute approximate surface area is 197 Å². The fraction of sp³-hybridized carbons (Fsp3) is 0.577. The van der Waals surface area contributed by atoms with Crippen molar-refractivity contribution in [3.8, 4) is 6.07 Å².